The molecule has 1 aromatic rings. The van der Waals surface area contributed by atoms with E-state index >= 15 is 0 Å². The lowest BCUT2D eigenvalue weighted by molar-refractivity contribution is 0.587. The van der Waals surface area contributed by atoms with Crippen LogP contribution in [0, 0.1) is 0 Å². The van der Waals surface area contributed by atoms with Gasteiger partial charge in [-0.1, -0.05) is 11.6 Å². The Kier molecular flexibility index (Phi) is 3.03. The zero-order chi connectivity index (χ0) is 11.8. The van der Waals surface area contributed by atoms with Gasteiger partial charge in [-0.05, 0) is 18.9 Å². The molecule has 0 saturated carbocycles. The largest absolute Gasteiger partial charge is 0.381 e. The highest BCUT2D eigenvalue weighted by molar-refractivity contribution is 7.92. The molecule has 2 heterocycles. The van der Waals surface area contributed by atoms with Crippen molar-refractivity contribution in [1.82, 2.24) is 10.2 Å². The van der Waals surface area contributed by atoms with Crippen LogP contribution < -0.4 is 5.73 Å². The fourth-order valence-corrected chi connectivity index (χ4v) is 3.85. The Morgan fingerprint density at radius 3 is 2.81 bits per heavy atom. The first-order valence-corrected chi connectivity index (χ1v) is 7.07. The first kappa shape index (κ1) is 11.6. The van der Waals surface area contributed by atoms with Gasteiger partial charge < -0.3 is 5.73 Å². The van der Waals surface area contributed by atoms with E-state index in [4.69, 9.17) is 17.3 Å². The minimum atomic E-state index is -2.95. The molecule has 1 fully saturated rings. The maximum atomic E-state index is 11.6. The number of hydrogen-bond acceptors (Lipinski definition) is 5. The van der Waals surface area contributed by atoms with E-state index in [0.29, 0.717) is 23.6 Å². The molecular weight excluding hydrogens is 250 g/mol. The van der Waals surface area contributed by atoms with Gasteiger partial charge in [-0.15, -0.1) is 5.10 Å². The maximum absolute atomic E-state index is 11.6. The van der Waals surface area contributed by atoms with Crippen LogP contribution in [0.5, 0.6) is 0 Å². The van der Waals surface area contributed by atoms with E-state index in [-0.39, 0.29) is 16.8 Å². The van der Waals surface area contributed by atoms with Gasteiger partial charge in [-0.3, -0.25) is 0 Å². The van der Waals surface area contributed by atoms with Gasteiger partial charge in [-0.25, -0.2) is 8.42 Å². The second-order valence-corrected chi connectivity index (χ2v) is 6.71. The van der Waals surface area contributed by atoms with E-state index in [9.17, 15) is 8.42 Å². The Balaban J connectivity index is 2.18. The molecule has 0 radical (unpaired) electrons. The van der Waals surface area contributed by atoms with Crippen LogP contribution >= 0.6 is 11.6 Å². The minimum absolute atomic E-state index is 0.166. The summed E-state index contributed by atoms with van der Waals surface area (Å²) >= 11 is 5.79. The summed E-state index contributed by atoms with van der Waals surface area (Å²) in [4.78, 5) is 0. The van der Waals surface area contributed by atoms with Gasteiger partial charge in [-0.2, -0.15) is 5.10 Å². The van der Waals surface area contributed by atoms with Crippen LogP contribution in [0.1, 0.15) is 18.5 Å². The van der Waals surface area contributed by atoms with Crippen LogP contribution in [0.2, 0.25) is 5.02 Å². The molecule has 7 heteroatoms. The molecule has 1 aliphatic heterocycles. The van der Waals surface area contributed by atoms with Gasteiger partial charge in [0.2, 0.25) is 0 Å². The first-order chi connectivity index (χ1) is 7.49. The molecule has 0 aliphatic carbocycles. The van der Waals surface area contributed by atoms with Crippen LogP contribution in [0.4, 0.5) is 5.82 Å². The van der Waals surface area contributed by atoms with Crippen LogP contribution in [-0.4, -0.2) is 29.6 Å². The normalized spacial score (nSPS) is 23.4. The van der Waals surface area contributed by atoms with E-state index in [1.54, 1.807) is 6.07 Å². The molecule has 0 bridgehead atoms. The molecule has 2 N–H and O–H groups in total. The van der Waals surface area contributed by atoms with E-state index in [1.165, 1.54) is 0 Å². The molecule has 1 saturated heterocycles. The molecule has 88 valence electrons. The van der Waals surface area contributed by atoms with E-state index in [2.05, 4.69) is 10.2 Å². The van der Waals surface area contributed by atoms with Crippen molar-refractivity contribution in [1.29, 1.82) is 0 Å². The molecule has 1 aliphatic rings. The van der Waals surface area contributed by atoms with Crippen LogP contribution in [-0.2, 0) is 16.3 Å². The molecule has 0 aromatic carbocycles. The number of sulfone groups is 1. The number of nitrogen functional groups attached to an aromatic ring is 1. The van der Waals surface area contributed by atoms with Crippen molar-refractivity contribution < 1.29 is 8.42 Å². The van der Waals surface area contributed by atoms with Crippen LogP contribution in [0.25, 0.3) is 0 Å². The van der Waals surface area contributed by atoms with Crippen molar-refractivity contribution in [2.75, 3.05) is 11.5 Å². The molecule has 1 atom stereocenters. The maximum Gasteiger partial charge on any atom is 0.164 e. The van der Waals surface area contributed by atoms with Crippen molar-refractivity contribution in [3.8, 4) is 0 Å². The number of nitrogens with zero attached hydrogens (tertiary/aromatic N) is 2. The van der Waals surface area contributed by atoms with Crippen LogP contribution in [0.15, 0.2) is 6.07 Å². The Labute approximate surface area is 98.9 Å². The summed E-state index contributed by atoms with van der Waals surface area (Å²) in [5, 5.41) is 7.49. The number of anilines is 1. The molecule has 2 rings (SSSR count). The van der Waals surface area contributed by atoms with Crippen molar-refractivity contribution in [2.45, 2.75) is 24.5 Å². The fourth-order valence-electron chi connectivity index (χ4n) is 1.84. The lowest BCUT2D eigenvalue weighted by Crippen LogP contribution is -2.19. The average Bonchev–Trinajstić information content (AvgIpc) is 2.52. The lowest BCUT2D eigenvalue weighted by atomic mass is 10.1. The van der Waals surface area contributed by atoms with Gasteiger partial charge in [0.05, 0.1) is 21.7 Å². The Morgan fingerprint density at radius 2 is 2.25 bits per heavy atom. The molecule has 5 nitrogen and oxygen atoms in total. The zero-order valence-electron chi connectivity index (χ0n) is 8.56. The van der Waals surface area contributed by atoms with Crippen molar-refractivity contribution in [3.63, 3.8) is 0 Å². The highest BCUT2D eigenvalue weighted by Crippen LogP contribution is 2.24. The summed E-state index contributed by atoms with van der Waals surface area (Å²) < 4.78 is 23.2. The number of halogens is 1. The Morgan fingerprint density at radius 1 is 1.50 bits per heavy atom. The molecular formula is C9H12ClN3O2S. The molecule has 0 amide bonds. The predicted octanol–water partition coefficient (Wildman–Crippen LogP) is 0.832. The minimum Gasteiger partial charge on any atom is -0.381 e. The topological polar surface area (TPSA) is 85.9 Å². The number of rotatable bonds is 2. The number of nitrogens with two attached hydrogens (primary N) is 1. The summed E-state index contributed by atoms with van der Waals surface area (Å²) in [6.45, 7) is 0. The fraction of sp³-hybridized carbons (Fsp3) is 0.556. The quantitative estimate of drug-likeness (QED) is 0.852. The second-order valence-electron chi connectivity index (χ2n) is 3.90. The Bertz CT molecular complexity index is 503. The number of aromatic nitrogens is 2. The lowest BCUT2D eigenvalue weighted by Gasteiger charge is -2.08. The first-order valence-electron chi connectivity index (χ1n) is 4.98. The standard InChI is InChI=1S/C9H12ClN3O2S/c10-8-5-6(12-13-9(8)11)4-7-2-1-3-16(7,14)15/h5,7H,1-4H2,(H2,11,13). The van der Waals surface area contributed by atoms with Gasteiger partial charge in [0.25, 0.3) is 0 Å². The van der Waals surface area contributed by atoms with E-state index in [1.807, 2.05) is 0 Å². The molecule has 1 unspecified atom stereocenters. The third kappa shape index (κ3) is 2.27. The summed E-state index contributed by atoms with van der Waals surface area (Å²) in [6.07, 6.45) is 1.78. The second kappa shape index (κ2) is 4.18. The third-order valence-corrected chi connectivity index (χ3v) is 5.30. The predicted molar refractivity (Wildman–Crippen MR) is 62.0 cm³/mol. The Hall–Kier alpha value is -0.880. The molecule has 0 spiro atoms. The summed E-state index contributed by atoms with van der Waals surface area (Å²) in [6, 6.07) is 1.58. The summed E-state index contributed by atoms with van der Waals surface area (Å²) in [5.41, 5.74) is 6.00. The third-order valence-electron chi connectivity index (χ3n) is 2.72. The van der Waals surface area contributed by atoms with Crippen molar-refractivity contribution in [3.05, 3.63) is 16.8 Å². The summed E-state index contributed by atoms with van der Waals surface area (Å²) in [5.74, 6) is 0.438. The molecule has 16 heavy (non-hydrogen) atoms. The van der Waals surface area contributed by atoms with Gasteiger partial charge >= 0.3 is 0 Å². The number of hydrogen-bond donors (Lipinski definition) is 1. The van der Waals surface area contributed by atoms with Crippen molar-refractivity contribution >= 4 is 27.3 Å². The monoisotopic (exact) mass is 261 g/mol. The van der Waals surface area contributed by atoms with Gasteiger partial charge in [0.15, 0.2) is 15.7 Å². The molecule has 1 aromatic heterocycles. The van der Waals surface area contributed by atoms with Gasteiger partial charge in [0.1, 0.15) is 0 Å². The SMILES string of the molecule is Nc1nnc(CC2CCCS2(=O)=O)cc1Cl. The highest BCUT2D eigenvalue weighted by atomic mass is 35.5. The van der Waals surface area contributed by atoms with Crippen LogP contribution in [0.3, 0.4) is 0 Å². The smallest absolute Gasteiger partial charge is 0.164 e. The van der Waals surface area contributed by atoms with Gasteiger partial charge in [0, 0.05) is 6.42 Å². The zero-order valence-corrected chi connectivity index (χ0v) is 10.1. The van der Waals surface area contributed by atoms with Crippen molar-refractivity contribution in [2.24, 2.45) is 0 Å². The highest BCUT2D eigenvalue weighted by Gasteiger charge is 2.31. The summed E-state index contributed by atoms with van der Waals surface area (Å²) in [7, 11) is -2.95. The van der Waals surface area contributed by atoms with E-state index < -0.39 is 9.84 Å². The van der Waals surface area contributed by atoms with E-state index in [0.717, 1.165) is 6.42 Å². The average molecular weight is 262 g/mol.